The van der Waals surface area contributed by atoms with Crippen molar-refractivity contribution in [2.45, 2.75) is 32.7 Å². The third kappa shape index (κ3) is 4.99. The minimum absolute atomic E-state index is 0.00172. The molecule has 1 aliphatic carbocycles. The average Bonchev–Trinajstić information content (AvgIpc) is 3.06. The Bertz CT molecular complexity index is 372. The molecule has 0 bridgehead atoms. The molecule has 0 radical (unpaired) electrons. The van der Waals surface area contributed by atoms with Crippen LogP contribution < -0.4 is 5.32 Å². The van der Waals surface area contributed by atoms with E-state index in [1.54, 1.807) is 4.90 Å². The van der Waals surface area contributed by atoms with Gasteiger partial charge in [0.25, 0.3) is 5.91 Å². The van der Waals surface area contributed by atoms with E-state index in [0.29, 0.717) is 18.5 Å². The second-order valence-electron chi connectivity index (χ2n) is 4.66. The van der Waals surface area contributed by atoms with Crippen molar-refractivity contribution < 1.29 is 19.5 Å². The van der Waals surface area contributed by atoms with Gasteiger partial charge in [-0.1, -0.05) is 0 Å². The molecule has 100 valence electrons. The Balaban J connectivity index is 2.49. The van der Waals surface area contributed by atoms with E-state index in [1.165, 1.54) is 0 Å². The van der Waals surface area contributed by atoms with E-state index < -0.39 is 17.9 Å². The van der Waals surface area contributed by atoms with Gasteiger partial charge in [0.2, 0.25) is 0 Å². The van der Waals surface area contributed by atoms with Crippen molar-refractivity contribution in [1.82, 2.24) is 10.2 Å². The second kappa shape index (κ2) is 6.18. The van der Waals surface area contributed by atoms with Crippen molar-refractivity contribution in [3.63, 3.8) is 0 Å². The van der Waals surface area contributed by atoms with Gasteiger partial charge in [-0.05, 0) is 32.6 Å². The van der Waals surface area contributed by atoms with Crippen LogP contribution in [0.25, 0.3) is 0 Å². The van der Waals surface area contributed by atoms with Crippen LogP contribution in [-0.2, 0) is 9.59 Å². The summed E-state index contributed by atoms with van der Waals surface area (Å²) < 4.78 is 0. The maximum atomic E-state index is 11.8. The third-order valence-corrected chi connectivity index (χ3v) is 2.64. The molecular weight excluding hydrogens is 236 g/mol. The Kier molecular flexibility index (Phi) is 4.88. The van der Waals surface area contributed by atoms with Crippen molar-refractivity contribution in [2.75, 3.05) is 6.54 Å². The SMILES string of the molecule is CC(C)N(CC1CC1)C(=O)NC(=O)C=CC(=O)O. The highest BCUT2D eigenvalue weighted by Crippen LogP contribution is 2.30. The highest BCUT2D eigenvalue weighted by molar-refractivity contribution is 6.02. The highest BCUT2D eigenvalue weighted by atomic mass is 16.4. The van der Waals surface area contributed by atoms with Crippen LogP contribution in [0.15, 0.2) is 12.2 Å². The molecule has 0 unspecified atom stereocenters. The van der Waals surface area contributed by atoms with Gasteiger partial charge < -0.3 is 10.0 Å². The zero-order valence-electron chi connectivity index (χ0n) is 10.5. The quantitative estimate of drug-likeness (QED) is 0.716. The normalized spacial score (nSPS) is 14.8. The summed E-state index contributed by atoms with van der Waals surface area (Å²) in [7, 11) is 0. The predicted octanol–water partition coefficient (Wildman–Crippen LogP) is 0.984. The van der Waals surface area contributed by atoms with E-state index in [1.807, 2.05) is 13.8 Å². The number of nitrogens with one attached hydrogen (secondary N) is 1. The fourth-order valence-electron chi connectivity index (χ4n) is 1.47. The lowest BCUT2D eigenvalue weighted by molar-refractivity contribution is -0.131. The van der Waals surface area contributed by atoms with Gasteiger partial charge in [0.15, 0.2) is 0 Å². The fraction of sp³-hybridized carbons (Fsp3) is 0.583. The molecule has 0 heterocycles. The standard InChI is InChI=1S/C12H18N2O4/c1-8(2)14(7-9-3-4-9)12(18)13-10(15)5-6-11(16)17/h5-6,8-9H,3-4,7H2,1-2H3,(H,16,17)(H,13,15,18). The number of carbonyl (C=O) groups excluding carboxylic acids is 2. The first-order chi connectivity index (χ1) is 8.40. The van der Waals surface area contributed by atoms with Gasteiger partial charge in [-0.15, -0.1) is 0 Å². The summed E-state index contributed by atoms with van der Waals surface area (Å²) in [6.45, 7) is 4.39. The van der Waals surface area contributed by atoms with Crippen LogP contribution in [0.4, 0.5) is 4.79 Å². The van der Waals surface area contributed by atoms with Crippen LogP contribution >= 0.6 is 0 Å². The van der Waals surface area contributed by atoms with Crippen molar-refractivity contribution in [2.24, 2.45) is 5.92 Å². The first kappa shape index (κ1) is 14.2. The van der Waals surface area contributed by atoms with Gasteiger partial charge in [0.05, 0.1) is 0 Å². The molecule has 1 rings (SSSR count). The van der Waals surface area contributed by atoms with Gasteiger partial charge in [-0.25, -0.2) is 9.59 Å². The molecule has 1 fully saturated rings. The Morgan fingerprint density at radius 1 is 1.33 bits per heavy atom. The Morgan fingerprint density at radius 3 is 2.39 bits per heavy atom. The molecular formula is C12H18N2O4. The van der Waals surface area contributed by atoms with Crippen LogP contribution in [0.2, 0.25) is 0 Å². The number of nitrogens with zero attached hydrogens (tertiary/aromatic N) is 1. The summed E-state index contributed by atoms with van der Waals surface area (Å²) in [5.74, 6) is -1.41. The van der Waals surface area contributed by atoms with Crippen molar-refractivity contribution in [3.05, 3.63) is 12.2 Å². The number of carboxylic acid groups (broad SMARTS) is 1. The van der Waals surface area contributed by atoms with E-state index in [2.05, 4.69) is 5.32 Å². The number of rotatable bonds is 5. The molecule has 0 atom stereocenters. The van der Waals surface area contributed by atoms with Crippen LogP contribution in [0, 0.1) is 5.92 Å². The van der Waals surface area contributed by atoms with E-state index in [4.69, 9.17) is 5.11 Å². The zero-order chi connectivity index (χ0) is 13.7. The molecule has 0 aliphatic heterocycles. The summed E-state index contributed by atoms with van der Waals surface area (Å²) in [6, 6.07) is -0.473. The molecule has 1 aliphatic rings. The van der Waals surface area contributed by atoms with Crippen LogP contribution in [0.3, 0.4) is 0 Å². The van der Waals surface area contributed by atoms with E-state index >= 15 is 0 Å². The lowest BCUT2D eigenvalue weighted by Crippen LogP contribution is -2.46. The number of hydrogen-bond acceptors (Lipinski definition) is 3. The second-order valence-corrected chi connectivity index (χ2v) is 4.66. The van der Waals surface area contributed by atoms with Gasteiger partial charge >= 0.3 is 12.0 Å². The Labute approximate surface area is 106 Å². The average molecular weight is 254 g/mol. The minimum atomic E-state index is -1.23. The number of carbonyl (C=O) groups is 3. The summed E-state index contributed by atoms with van der Waals surface area (Å²) in [4.78, 5) is 34.9. The molecule has 18 heavy (non-hydrogen) atoms. The fourth-order valence-corrected chi connectivity index (χ4v) is 1.47. The monoisotopic (exact) mass is 254 g/mol. The van der Waals surface area contributed by atoms with Crippen molar-refractivity contribution in [1.29, 1.82) is 0 Å². The number of carboxylic acids is 1. The molecule has 3 amide bonds. The van der Waals surface area contributed by atoms with Gasteiger partial charge in [-0.3, -0.25) is 10.1 Å². The molecule has 0 aromatic heterocycles. The van der Waals surface area contributed by atoms with E-state index in [-0.39, 0.29) is 6.04 Å². The maximum absolute atomic E-state index is 11.8. The van der Waals surface area contributed by atoms with E-state index in [0.717, 1.165) is 18.9 Å². The Hall–Kier alpha value is -1.85. The largest absolute Gasteiger partial charge is 0.478 e. The van der Waals surface area contributed by atoms with Crippen molar-refractivity contribution >= 4 is 17.9 Å². The molecule has 0 spiro atoms. The summed E-state index contributed by atoms with van der Waals surface area (Å²) in [5.41, 5.74) is 0. The van der Waals surface area contributed by atoms with Gasteiger partial charge in [-0.2, -0.15) is 0 Å². The Morgan fingerprint density at radius 2 is 1.94 bits per heavy atom. The van der Waals surface area contributed by atoms with E-state index in [9.17, 15) is 14.4 Å². The third-order valence-electron chi connectivity index (χ3n) is 2.64. The molecule has 6 heteroatoms. The number of aliphatic carboxylic acids is 1. The summed E-state index contributed by atoms with van der Waals surface area (Å²) >= 11 is 0. The molecule has 6 nitrogen and oxygen atoms in total. The molecule has 0 saturated heterocycles. The minimum Gasteiger partial charge on any atom is -0.478 e. The summed E-state index contributed by atoms with van der Waals surface area (Å²) in [6.07, 6.45) is 3.76. The highest BCUT2D eigenvalue weighted by Gasteiger charge is 2.28. The molecule has 2 N–H and O–H groups in total. The van der Waals surface area contributed by atoms with Gasteiger partial charge in [0, 0.05) is 24.7 Å². The molecule has 0 aromatic carbocycles. The zero-order valence-corrected chi connectivity index (χ0v) is 10.5. The predicted molar refractivity (Wildman–Crippen MR) is 64.9 cm³/mol. The van der Waals surface area contributed by atoms with Gasteiger partial charge in [0.1, 0.15) is 0 Å². The maximum Gasteiger partial charge on any atom is 0.328 e. The van der Waals surface area contributed by atoms with Crippen molar-refractivity contribution in [3.8, 4) is 0 Å². The summed E-state index contributed by atoms with van der Waals surface area (Å²) in [5, 5.41) is 10.5. The number of amides is 3. The first-order valence-corrected chi connectivity index (χ1v) is 5.92. The van der Waals surface area contributed by atoms with Crippen LogP contribution in [0.1, 0.15) is 26.7 Å². The molecule has 0 aromatic rings. The lowest BCUT2D eigenvalue weighted by Gasteiger charge is -2.26. The van der Waals surface area contributed by atoms with Crippen LogP contribution in [0.5, 0.6) is 0 Å². The first-order valence-electron chi connectivity index (χ1n) is 5.92. The topological polar surface area (TPSA) is 86.7 Å². The number of urea groups is 1. The smallest absolute Gasteiger partial charge is 0.328 e. The number of hydrogen-bond donors (Lipinski definition) is 2. The number of imide groups is 1. The van der Waals surface area contributed by atoms with Crippen LogP contribution in [-0.4, -0.2) is 40.5 Å². The lowest BCUT2D eigenvalue weighted by atomic mass is 10.3. The molecule has 1 saturated carbocycles.